The molecule has 0 aliphatic rings. The summed E-state index contributed by atoms with van der Waals surface area (Å²) in [5.74, 6) is -0.419. The molecule has 3 heteroatoms. The smallest absolute Gasteiger partial charge is 0.249 e. The molecule has 0 atom stereocenters. The van der Waals surface area contributed by atoms with Crippen LogP contribution in [0.4, 0.5) is 0 Å². The first-order valence-electron chi connectivity index (χ1n) is 4.99. The zero-order valence-corrected chi connectivity index (χ0v) is 8.97. The Morgan fingerprint density at radius 2 is 2.00 bits per heavy atom. The lowest BCUT2D eigenvalue weighted by molar-refractivity contribution is 0.100. The molecule has 0 aliphatic carbocycles. The van der Waals surface area contributed by atoms with Gasteiger partial charge in [0.05, 0.1) is 0 Å². The van der Waals surface area contributed by atoms with E-state index < -0.39 is 5.91 Å². The topological polar surface area (TPSA) is 56.0 Å². The van der Waals surface area contributed by atoms with Gasteiger partial charge in [-0.3, -0.25) is 9.78 Å². The van der Waals surface area contributed by atoms with E-state index in [4.69, 9.17) is 5.73 Å². The van der Waals surface area contributed by atoms with Gasteiger partial charge in [-0.05, 0) is 30.2 Å². The second kappa shape index (κ2) is 4.14. The minimum atomic E-state index is -0.419. The average Bonchev–Trinajstić information content (AvgIpc) is 2.29. The zero-order chi connectivity index (χ0) is 11.5. The molecule has 2 aromatic rings. The van der Waals surface area contributed by atoms with E-state index in [0.29, 0.717) is 5.56 Å². The molecule has 0 aliphatic heterocycles. The van der Waals surface area contributed by atoms with Gasteiger partial charge in [0, 0.05) is 23.5 Å². The number of carbonyl (C=O) groups excluding carboxylic acids is 1. The molecule has 0 radical (unpaired) electrons. The van der Waals surface area contributed by atoms with E-state index in [9.17, 15) is 4.79 Å². The van der Waals surface area contributed by atoms with Gasteiger partial charge in [0.25, 0.3) is 0 Å². The number of hydrogen-bond acceptors (Lipinski definition) is 2. The minimum absolute atomic E-state index is 0.419. The highest BCUT2D eigenvalue weighted by Gasteiger charge is 2.08. The summed E-state index contributed by atoms with van der Waals surface area (Å²) >= 11 is 0. The van der Waals surface area contributed by atoms with E-state index in [1.54, 1.807) is 24.5 Å². The van der Waals surface area contributed by atoms with E-state index in [2.05, 4.69) is 4.98 Å². The molecule has 0 fully saturated rings. The Bertz CT molecular complexity index is 535. The second-order valence-electron chi connectivity index (χ2n) is 3.66. The molecule has 16 heavy (non-hydrogen) atoms. The Morgan fingerprint density at radius 1 is 1.25 bits per heavy atom. The monoisotopic (exact) mass is 212 g/mol. The van der Waals surface area contributed by atoms with Crippen molar-refractivity contribution >= 4 is 5.91 Å². The summed E-state index contributed by atoms with van der Waals surface area (Å²) in [5, 5.41) is 0. The predicted molar refractivity (Wildman–Crippen MR) is 62.9 cm³/mol. The van der Waals surface area contributed by atoms with E-state index in [0.717, 1.165) is 16.7 Å². The molecule has 0 unspecified atom stereocenters. The van der Waals surface area contributed by atoms with Crippen molar-refractivity contribution < 1.29 is 4.79 Å². The van der Waals surface area contributed by atoms with Gasteiger partial charge in [0.2, 0.25) is 5.91 Å². The van der Waals surface area contributed by atoms with Crippen LogP contribution >= 0.6 is 0 Å². The predicted octanol–water partition coefficient (Wildman–Crippen LogP) is 2.16. The maximum Gasteiger partial charge on any atom is 0.249 e. The van der Waals surface area contributed by atoms with Gasteiger partial charge >= 0.3 is 0 Å². The quantitative estimate of drug-likeness (QED) is 0.829. The Morgan fingerprint density at radius 3 is 2.69 bits per heavy atom. The van der Waals surface area contributed by atoms with Gasteiger partial charge in [-0.25, -0.2) is 0 Å². The molecule has 2 N–H and O–H groups in total. The molecule has 0 spiro atoms. The number of aromatic nitrogens is 1. The normalized spacial score (nSPS) is 10.1. The molecule has 1 amide bonds. The molecule has 1 aromatic heterocycles. The van der Waals surface area contributed by atoms with Crippen LogP contribution in [0.1, 0.15) is 15.9 Å². The third kappa shape index (κ3) is 1.93. The van der Waals surface area contributed by atoms with E-state index in [1.165, 1.54) is 0 Å². The first-order valence-corrected chi connectivity index (χ1v) is 4.99. The van der Waals surface area contributed by atoms with Crippen LogP contribution in [0.2, 0.25) is 0 Å². The first kappa shape index (κ1) is 10.4. The van der Waals surface area contributed by atoms with Crippen LogP contribution in [0.5, 0.6) is 0 Å². The lowest BCUT2D eigenvalue weighted by Crippen LogP contribution is -2.12. The Labute approximate surface area is 93.9 Å². The largest absolute Gasteiger partial charge is 0.366 e. The van der Waals surface area contributed by atoms with Crippen LogP contribution in [-0.2, 0) is 0 Å². The zero-order valence-electron chi connectivity index (χ0n) is 8.97. The van der Waals surface area contributed by atoms with E-state index >= 15 is 0 Å². The molecule has 80 valence electrons. The number of nitrogens with two attached hydrogens (primary N) is 1. The van der Waals surface area contributed by atoms with Crippen molar-refractivity contribution in [3.8, 4) is 11.1 Å². The van der Waals surface area contributed by atoms with E-state index in [-0.39, 0.29) is 0 Å². The molecule has 0 bridgehead atoms. The van der Waals surface area contributed by atoms with Crippen molar-refractivity contribution in [2.75, 3.05) is 0 Å². The maximum atomic E-state index is 11.3. The highest BCUT2D eigenvalue weighted by molar-refractivity contribution is 5.99. The Hall–Kier alpha value is -2.16. The number of amides is 1. The van der Waals surface area contributed by atoms with Gasteiger partial charge in [-0.1, -0.05) is 18.2 Å². The van der Waals surface area contributed by atoms with Crippen molar-refractivity contribution in [2.45, 2.75) is 6.92 Å². The molecule has 1 heterocycles. The minimum Gasteiger partial charge on any atom is -0.366 e. The molecule has 1 aromatic carbocycles. The summed E-state index contributed by atoms with van der Waals surface area (Å²) in [4.78, 5) is 15.4. The number of pyridine rings is 1. The molecular formula is C13H12N2O. The van der Waals surface area contributed by atoms with Crippen LogP contribution < -0.4 is 5.73 Å². The number of hydrogen-bond donors (Lipinski definition) is 1. The molecule has 2 rings (SSSR count). The fourth-order valence-electron chi connectivity index (χ4n) is 1.65. The molecule has 0 saturated heterocycles. The van der Waals surface area contributed by atoms with Gasteiger partial charge in [-0.15, -0.1) is 0 Å². The van der Waals surface area contributed by atoms with Crippen molar-refractivity contribution in [2.24, 2.45) is 5.73 Å². The number of nitrogens with zero attached hydrogens (tertiary/aromatic N) is 1. The fourth-order valence-corrected chi connectivity index (χ4v) is 1.65. The summed E-state index contributed by atoms with van der Waals surface area (Å²) in [6.07, 6.45) is 3.51. The van der Waals surface area contributed by atoms with Crippen molar-refractivity contribution in [3.05, 3.63) is 53.9 Å². The Balaban J connectivity index is 2.60. The van der Waals surface area contributed by atoms with Crippen LogP contribution in [0.15, 0.2) is 42.7 Å². The maximum absolute atomic E-state index is 11.3. The number of primary amides is 1. The van der Waals surface area contributed by atoms with Crippen molar-refractivity contribution in [1.29, 1.82) is 0 Å². The van der Waals surface area contributed by atoms with Crippen LogP contribution in [0.3, 0.4) is 0 Å². The highest BCUT2D eigenvalue weighted by atomic mass is 16.1. The SMILES string of the molecule is Cc1cncc(-c2ccccc2C(N)=O)c1. The highest BCUT2D eigenvalue weighted by Crippen LogP contribution is 2.23. The number of carbonyl (C=O) groups is 1. The summed E-state index contributed by atoms with van der Waals surface area (Å²) in [7, 11) is 0. The average molecular weight is 212 g/mol. The first-order chi connectivity index (χ1) is 7.68. The van der Waals surface area contributed by atoms with Crippen molar-refractivity contribution in [1.82, 2.24) is 4.98 Å². The van der Waals surface area contributed by atoms with Gasteiger partial charge in [0.1, 0.15) is 0 Å². The third-order valence-corrected chi connectivity index (χ3v) is 2.38. The summed E-state index contributed by atoms with van der Waals surface area (Å²) in [6, 6.07) is 9.25. The lowest BCUT2D eigenvalue weighted by atomic mass is 10.00. The lowest BCUT2D eigenvalue weighted by Gasteiger charge is -2.06. The van der Waals surface area contributed by atoms with Crippen LogP contribution in [0, 0.1) is 6.92 Å². The molecular weight excluding hydrogens is 200 g/mol. The second-order valence-corrected chi connectivity index (χ2v) is 3.66. The molecule has 0 saturated carbocycles. The van der Waals surface area contributed by atoms with Crippen LogP contribution in [-0.4, -0.2) is 10.9 Å². The van der Waals surface area contributed by atoms with Crippen LogP contribution in [0.25, 0.3) is 11.1 Å². The Kier molecular flexibility index (Phi) is 2.68. The summed E-state index contributed by atoms with van der Waals surface area (Å²) < 4.78 is 0. The summed E-state index contributed by atoms with van der Waals surface area (Å²) in [6.45, 7) is 1.96. The number of rotatable bonds is 2. The van der Waals surface area contributed by atoms with E-state index in [1.807, 2.05) is 25.1 Å². The standard InChI is InChI=1S/C13H12N2O/c1-9-6-10(8-15-7-9)11-4-2-3-5-12(11)13(14)16/h2-8H,1H3,(H2,14,16). The van der Waals surface area contributed by atoms with Gasteiger partial charge in [-0.2, -0.15) is 0 Å². The van der Waals surface area contributed by atoms with Gasteiger partial charge < -0.3 is 5.73 Å². The molecule has 3 nitrogen and oxygen atoms in total. The summed E-state index contributed by atoms with van der Waals surface area (Å²) in [5.41, 5.74) is 8.64. The van der Waals surface area contributed by atoms with Gasteiger partial charge in [0.15, 0.2) is 0 Å². The number of benzene rings is 1. The fraction of sp³-hybridized carbons (Fsp3) is 0.0769. The third-order valence-electron chi connectivity index (χ3n) is 2.38. The van der Waals surface area contributed by atoms with Crippen molar-refractivity contribution in [3.63, 3.8) is 0 Å². The number of aryl methyl sites for hydroxylation is 1.